The van der Waals surface area contributed by atoms with Gasteiger partial charge in [0.05, 0.1) is 29.1 Å². The first-order chi connectivity index (χ1) is 17.6. The maximum absolute atomic E-state index is 13.6. The number of anilines is 2. The van der Waals surface area contributed by atoms with Gasteiger partial charge in [-0.05, 0) is 95.3 Å². The first kappa shape index (κ1) is 28.5. The molecule has 0 unspecified atom stereocenters. The smallest absolute Gasteiger partial charge is 0.264 e. The summed E-state index contributed by atoms with van der Waals surface area (Å²) in [7, 11) is -0.156. The number of hydrogen-bond donors (Lipinski definition) is 1. The maximum Gasteiger partial charge on any atom is 0.264 e. The minimum absolute atomic E-state index is 0.0846. The zero-order chi connectivity index (χ0) is 27.0. The van der Waals surface area contributed by atoms with E-state index in [4.69, 9.17) is 4.74 Å². The molecule has 0 bridgehead atoms. The molecular formula is C26H29BrN4O4S2. The number of carbonyl (C=O) groups is 1. The van der Waals surface area contributed by atoms with Crippen molar-refractivity contribution in [3.8, 4) is 5.75 Å². The van der Waals surface area contributed by atoms with Crippen LogP contribution in [0.1, 0.15) is 12.5 Å². The number of rotatable bonds is 11. The molecule has 0 heterocycles. The Morgan fingerprint density at radius 3 is 2.32 bits per heavy atom. The highest BCUT2D eigenvalue weighted by atomic mass is 79.9. The van der Waals surface area contributed by atoms with Gasteiger partial charge >= 0.3 is 0 Å². The highest BCUT2D eigenvalue weighted by Crippen LogP contribution is 2.27. The van der Waals surface area contributed by atoms with Crippen molar-refractivity contribution in [2.24, 2.45) is 5.10 Å². The van der Waals surface area contributed by atoms with Crippen molar-refractivity contribution in [1.82, 2.24) is 5.43 Å². The van der Waals surface area contributed by atoms with Gasteiger partial charge in [-0.3, -0.25) is 9.10 Å². The van der Waals surface area contributed by atoms with Crippen LogP contribution in [-0.2, 0) is 14.8 Å². The average Bonchev–Trinajstić information content (AvgIpc) is 2.88. The normalized spacial score (nSPS) is 11.4. The lowest BCUT2D eigenvalue weighted by molar-refractivity contribution is -0.119. The van der Waals surface area contributed by atoms with Crippen molar-refractivity contribution in [1.29, 1.82) is 0 Å². The number of ether oxygens (including phenoxy) is 1. The SMILES string of the molecule is CCOc1ccc(N(CC(=O)N/N=C/c2ccc(N(C)C)c(Br)c2)S(=O)(=O)c2ccc(SC)cc2)cc1. The van der Waals surface area contributed by atoms with Crippen LogP contribution in [0, 0.1) is 0 Å². The monoisotopic (exact) mass is 604 g/mol. The molecule has 0 saturated heterocycles. The largest absolute Gasteiger partial charge is 0.494 e. The number of nitrogens with zero attached hydrogens (tertiary/aromatic N) is 3. The molecule has 3 aromatic carbocycles. The van der Waals surface area contributed by atoms with Gasteiger partial charge in [-0.25, -0.2) is 13.8 Å². The van der Waals surface area contributed by atoms with Gasteiger partial charge < -0.3 is 9.64 Å². The molecule has 11 heteroatoms. The summed E-state index contributed by atoms with van der Waals surface area (Å²) in [6, 6.07) is 18.8. The molecule has 0 aromatic heterocycles. The van der Waals surface area contributed by atoms with E-state index in [1.807, 2.05) is 50.4 Å². The van der Waals surface area contributed by atoms with E-state index in [9.17, 15) is 13.2 Å². The van der Waals surface area contributed by atoms with E-state index < -0.39 is 22.5 Å². The molecule has 196 valence electrons. The molecular weight excluding hydrogens is 576 g/mol. The van der Waals surface area contributed by atoms with E-state index >= 15 is 0 Å². The number of carbonyl (C=O) groups excluding carboxylic acids is 1. The zero-order valence-electron chi connectivity index (χ0n) is 21.0. The van der Waals surface area contributed by atoms with Gasteiger partial charge in [-0.2, -0.15) is 5.10 Å². The number of benzene rings is 3. The fourth-order valence-corrected chi connectivity index (χ4v) is 5.96. The first-order valence-electron chi connectivity index (χ1n) is 11.3. The molecule has 3 aromatic rings. The van der Waals surface area contributed by atoms with Gasteiger partial charge in [0, 0.05) is 23.5 Å². The Hall–Kier alpha value is -3.02. The fourth-order valence-electron chi connectivity index (χ4n) is 3.38. The number of nitrogens with one attached hydrogen (secondary N) is 1. The van der Waals surface area contributed by atoms with E-state index in [0.717, 1.165) is 24.9 Å². The summed E-state index contributed by atoms with van der Waals surface area (Å²) < 4.78 is 34.5. The molecule has 0 radical (unpaired) electrons. The van der Waals surface area contributed by atoms with Crippen LogP contribution in [0.25, 0.3) is 0 Å². The summed E-state index contributed by atoms with van der Waals surface area (Å²) in [6.07, 6.45) is 3.41. The Kier molecular flexibility index (Phi) is 10.0. The minimum Gasteiger partial charge on any atom is -0.494 e. The Balaban J connectivity index is 1.82. The fraction of sp³-hybridized carbons (Fsp3) is 0.231. The molecule has 3 rings (SSSR count). The van der Waals surface area contributed by atoms with E-state index in [-0.39, 0.29) is 4.90 Å². The number of halogens is 1. The topological polar surface area (TPSA) is 91.3 Å². The predicted molar refractivity (Wildman–Crippen MR) is 155 cm³/mol. The van der Waals surface area contributed by atoms with Crippen LogP contribution < -0.4 is 19.4 Å². The Labute approximate surface area is 230 Å². The van der Waals surface area contributed by atoms with Crippen LogP contribution in [0.4, 0.5) is 11.4 Å². The minimum atomic E-state index is -4.04. The maximum atomic E-state index is 13.6. The second-order valence-corrected chi connectivity index (χ2v) is 11.6. The van der Waals surface area contributed by atoms with E-state index in [2.05, 4.69) is 26.5 Å². The van der Waals surface area contributed by atoms with Crippen LogP contribution in [-0.4, -0.2) is 54.0 Å². The van der Waals surface area contributed by atoms with Crippen molar-refractivity contribution in [2.45, 2.75) is 16.7 Å². The summed E-state index contributed by atoms with van der Waals surface area (Å²) in [5.41, 5.74) is 4.53. The van der Waals surface area contributed by atoms with Crippen LogP contribution in [0.2, 0.25) is 0 Å². The summed E-state index contributed by atoms with van der Waals surface area (Å²) >= 11 is 5.03. The summed E-state index contributed by atoms with van der Waals surface area (Å²) in [5.74, 6) is 0.0202. The van der Waals surface area contributed by atoms with E-state index in [0.29, 0.717) is 18.0 Å². The zero-order valence-corrected chi connectivity index (χ0v) is 24.2. The molecule has 0 aliphatic carbocycles. The summed E-state index contributed by atoms with van der Waals surface area (Å²) in [4.78, 5) is 15.8. The average molecular weight is 606 g/mol. The first-order valence-corrected chi connectivity index (χ1v) is 14.8. The van der Waals surface area contributed by atoms with Gasteiger partial charge in [0.1, 0.15) is 12.3 Å². The Bertz CT molecular complexity index is 1350. The van der Waals surface area contributed by atoms with Crippen molar-refractivity contribution < 1.29 is 17.9 Å². The van der Waals surface area contributed by atoms with Gasteiger partial charge in [-0.1, -0.05) is 6.07 Å². The van der Waals surface area contributed by atoms with Crippen LogP contribution in [0.5, 0.6) is 5.75 Å². The van der Waals surface area contributed by atoms with Crippen molar-refractivity contribution in [3.05, 3.63) is 76.8 Å². The highest BCUT2D eigenvalue weighted by molar-refractivity contribution is 9.10. The van der Waals surface area contributed by atoms with E-state index in [1.165, 1.54) is 30.1 Å². The van der Waals surface area contributed by atoms with Crippen LogP contribution in [0.15, 0.2) is 86.1 Å². The van der Waals surface area contributed by atoms with Crippen molar-refractivity contribution in [2.75, 3.05) is 42.7 Å². The van der Waals surface area contributed by atoms with Gasteiger partial charge in [0.25, 0.3) is 15.9 Å². The molecule has 0 aliphatic rings. The summed E-state index contributed by atoms with van der Waals surface area (Å²) in [6.45, 7) is 1.89. The lowest BCUT2D eigenvalue weighted by Gasteiger charge is -2.24. The third kappa shape index (κ3) is 7.50. The van der Waals surface area contributed by atoms with E-state index in [1.54, 1.807) is 36.4 Å². The molecule has 0 fully saturated rings. The number of thioether (sulfide) groups is 1. The molecule has 0 atom stereocenters. The standard InChI is InChI=1S/C26H29BrN4O4S2/c1-5-35-21-9-7-20(8-10-21)31(37(33,34)23-13-11-22(36-4)12-14-23)18-26(32)29-28-17-19-6-15-25(30(2)3)24(27)16-19/h6-17H,5,18H2,1-4H3,(H,29,32)/b28-17+. The number of hydrogen-bond acceptors (Lipinski definition) is 7. The quantitative estimate of drug-likeness (QED) is 0.188. The summed E-state index contributed by atoms with van der Waals surface area (Å²) in [5, 5.41) is 4.02. The second-order valence-electron chi connectivity index (χ2n) is 8.01. The molecule has 8 nitrogen and oxygen atoms in total. The van der Waals surface area contributed by atoms with Gasteiger partial charge in [0.2, 0.25) is 0 Å². The molecule has 1 N–H and O–H groups in total. The van der Waals surface area contributed by atoms with Gasteiger partial charge in [-0.15, -0.1) is 11.8 Å². The van der Waals surface area contributed by atoms with Crippen LogP contribution >= 0.6 is 27.7 Å². The number of hydrazone groups is 1. The Morgan fingerprint density at radius 1 is 1.08 bits per heavy atom. The molecule has 0 saturated carbocycles. The lowest BCUT2D eigenvalue weighted by Crippen LogP contribution is -2.39. The van der Waals surface area contributed by atoms with Crippen molar-refractivity contribution in [3.63, 3.8) is 0 Å². The predicted octanol–water partition coefficient (Wildman–Crippen LogP) is 4.98. The molecule has 0 aliphatic heterocycles. The van der Waals surface area contributed by atoms with Crippen LogP contribution in [0.3, 0.4) is 0 Å². The third-order valence-corrected chi connectivity index (χ3v) is 8.39. The third-order valence-electron chi connectivity index (χ3n) is 5.23. The molecule has 1 amide bonds. The highest BCUT2D eigenvalue weighted by Gasteiger charge is 2.27. The second kappa shape index (κ2) is 13.0. The molecule has 0 spiro atoms. The molecule has 37 heavy (non-hydrogen) atoms. The Morgan fingerprint density at radius 2 is 1.76 bits per heavy atom. The van der Waals surface area contributed by atoms with Crippen molar-refractivity contribution >= 4 is 61.2 Å². The van der Waals surface area contributed by atoms with Gasteiger partial charge in [0.15, 0.2) is 0 Å². The number of amides is 1. The number of sulfonamides is 1. The lowest BCUT2D eigenvalue weighted by atomic mass is 10.2.